The third-order valence-electron chi connectivity index (χ3n) is 5.54. The standard InChI is InChI=1S/C18H27N3O.C6H8O7/c1-6-14-8-7-9-15-16(13(2)19-18(14)15)12-17(22)21(5)11-10-20(3)4;7-3(8)1-6(13,5(11)12)2-4(9)10/h7-9,19H,6,10-12H2,1-5H3;13H,1-2H2,(H,7,8)(H,9,10)(H,11,12). The maximum Gasteiger partial charge on any atom is 0.336 e. The van der Waals surface area contributed by atoms with E-state index in [1.807, 2.05) is 26.0 Å². The number of aromatic amines is 1. The van der Waals surface area contributed by atoms with Crippen LogP contribution in [0.25, 0.3) is 10.9 Å². The Balaban J connectivity index is 0.000000405. The van der Waals surface area contributed by atoms with Crippen LogP contribution in [0.4, 0.5) is 0 Å². The van der Waals surface area contributed by atoms with E-state index < -0.39 is 36.4 Å². The summed E-state index contributed by atoms with van der Waals surface area (Å²) in [6, 6.07) is 6.34. The number of hydrogen-bond donors (Lipinski definition) is 5. The first-order valence-electron chi connectivity index (χ1n) is 11.1. The molecule has 0 saturated carbocycles. The molecule has 0 aliphatic rings. The number of H-pyrrole nitrogens is 1. The maximum atomic E-state index is 12.5. The predicted octanol–water partition coefficient (Wildman–Crippen LogP) is 1.35. The summed E-state index contributed by atoms with van der Waals surface area (Å²) in [6.45, 7) is 5.86. The zero-order valence-corrected chi connectivity index (χ0v) is 20.8. The number of nitrogens with one attached hydrogen (secondary N) is 1. The number of aromatic nitrogens is 1. The number of hydrogen-bond acceptors (Lipinski definition) is 6. The number of aryl methyl sites for hydroxylation is 2. The Kier molecular flexibility index (Phi) is 10.9. The molecule has 35 heavy (non-hydrogen) atoms. The van der Waals surface area contributed by atoms with E-state index in [9.17, 15) is 19.2 Å². The lowest BCUT2D eigenvalue weighted by molar-refractivity contribution is -0.170. The minimum absolute atomic E-state index is 0.174. The van der Waals surface area contributed by atoms with Crippen LogP contribution in [0.15, 0.2) is 18.2 Å². The number of carboxylic acid groups (broad SMARTS) is 3. The number of fused-ring (bicyclic) bond motifs is 1. The average Bonchev–Trinajstić information content (AvgIpc) is 3.06. The van der Waals surface area contributed by atoms with E-state index in [1.165, 1.54) is 16.5 Å². The van der Waals surface area contributed by atoms with Gasteiger partial charge >= 0.3 is 17.9 Å². The van der Waals surface area contributed by atoms with Gasteiger partial charge in [0.2, 0.25) is 5.91 Å². The summed E-state index contributed by atoms with van der Waals surface area (Å²) in [5.41, 5.74) is 1.98. The van der Waals surface area contributed by atoms with Crippen molar-refractivity contribution in [3.8, 4) is 0 Å². The van der Waals surface area contributed by atoms with Gasteiger partial charge in [-0.25, -0.2) is 4.79 Å². The van der Waals surface area contributed by atoms with Gasteiger partial charge in [-0.1, -0.05) is 25.1 Å². The zero-order valence-electron chi connectivity index (χ0n) is 20.8. The minimum Gasteiger partial charge on any atom is -0.481 e. The van der Waals surface area contributed by atoms with Crippen molar-refractivity contribution in [3.05, 3.63) is 35.0 Å². The molecule has 2 rings (SSSR count). The number of carbonyl (C=O) groups excluding carboxylic acids is 1. The molecule has 11 nitrogen and oxygen atoms in total. The van der Waals surface area contributed by atoms with E-state index in [4.69, 9.17) is 20.4 Å². The minimum atomic E-state index is -2.74. The van der Waals surface area contributed by atoms with Crippen LogP contribution in [-0.2, 0) is 32.0 Å². The normalized spacial score (nSPS) is 11.2. The molecule has 0 radical (unpaired) electrons. The van der Waals surface area contributed by atoms with Crippen LogP contribution in [-0.4, -0.2) is 98.9 Å². The van der Waals surface area contributed by atoms with Crippen LogP contribution in [0, 0.1) is 6.92 Å². The van der Waals surface area contributed by atoms with E-state index in [-0.39, 0.29) is 5.91 Å². The van der Waals surface area contributed by atoms with Crippen LogP contribution in [0.3, 0.4) is 0 Å². The van der Waals surface area contributed by atoms with Crippen molar-refractivity contribution in [3.63, 3.8) is 0 Å². The van der Waals surface area contributed by atoms with Gasteiger partial charge < -0.3 is 35.2 Å². The number of aliphatic carboxylic acids is 3. The molecule has 194 valence electrons. The molecule has 1 amide bonds. The van der Waals surface area contributed by atoms with Crippen molar-refractivity contribution < 1.29 is 39.6 Å². The molecule has 11 heteroatoms. The summed E-state index contributed by atoms with van der Waals surface area (Å²) < 4.78 is 0. The molecule has 5 N–H and O–H groups in total. The van der Waals surface area contributed by atoms with E-state index in [1.54, 1.807) is 0 Å². The Morgan fingerprint density at radius 2 is 1.54 bits per heavy atom. The van der Waals surface area contributed by atoms with Crippen molar-refractivity contribution in [2.45, 2.75) is 45.1 Å². The molecule has 0 aliphatic heterocycles. The van der Waals surface area contributed by atoms with Crippen molar-refractivity contribution >= 4 is 34.7 Å². The Bertz CT molecular complexity index is 1040. The van der Waals surface area contributed by atoms with Gasteiger partial charge in [0, 0.05) is 36.7 Å². The molecular formula is C24H35N3O8. The molecule has 0 saturated heterocycles. The second-order valence-electron chi connectivity index (χ2n) is 8.69. The smallest absolute Gasteiger partial charge is 0.336 e. The highest BCUT2D eigenvalue weighted by molar-refractivity contribution is 5.92. The summed E-state index contributed by atoms with van der Waals surface area (Å²) in [6.07, 6.45) is -0.834. The molecule has 1 aromatic carbocycles. The fourth-order valence-corrected chi connectivity index (χ4v) is 3.46. The third-order valence-corrected chi connectivity index (χ3v) is 5.54. The molecule has 2 aromatic rings. The molecule has 0 fully saturated rings. The van der Waals surface area contributed by atoms with Gasteiger partial charge in [-0.2, -0.15) is 0 Å². The zero-order chi connectivity index (χ0) is 26.9. The molecule has 0 bridgehead atoms. The monoisotopic (exact) mass is 493 g/mol. The summed E-state index contributed by atoms with van der Waals surface area (Å²) in [7, 11) is 5.93. The van der Waals surface area contributed by atoms with Crippen LogP contribution in [0.5, 0.6) is 0 Å². The van der Waals surface area contributed by atoms with Crippen LogP contribution in [0.1, 0.15) is 36.6 Å². The van der Waals surface area contributed by atoms with Gasteiger partial charge in [0.05, 0.1) is 19.3 Å². The first-order chi connectivity index (χ1) is 16.2. The summed E-state index contributed by atoms with van der Waals surface area (Å²) >= 11 is 0. The highest BCUT2D eigenvalue weighted by Gasteiger charge is 2.40. The Hall–Kier alpha value is -3.44. The van der Waals surface area contributed by atoms with Crippen molar-refractivity contribution in [1.82, 2.24) is 14.8 Å². The van der Waals surface area contributed by atoms with Gasteiger partial charge in [-0.3, -0.25) is 14.4 Å². The number of nitrogens with zero attached hydrogens (tertiary/aromatic N) is 2. The van der Waals surface area contributed by atoms with Crippen molar-refractivity contribution in [1.29, 1.82) is 0 Å². The topological polar surface area (TPSA) is 171 Å². The molecule has 1 heterocycles. The Labute approximate surface area is 204 Å². The predicted molar refractivity (Wildman–Crippen MR) is 129 cm³/mol. The van der Waals surface area contributed by atoms with E-state index in [0.29, 0.717) is 6.42 Å². The number of carbonyl (C=O) groups is 4. The van der Waals surface area contributed by atoms with Crippen molar-refractivity contribution in [2.75, 3.05) is 34.2 Å². The number of amides is 1. The van der Waals surface area contributed by atoms with E-state index in [0.717, 1.165) is 30.8 Å². The fourth-order valence-electron chi connectivity index (χ4n) is 3.46. The lowest BCUT2D eigenvalue weighted by Crippen LogP contribution is -2.42. The van der Waals surface area contributed by atoms with E-state index >= 15 is 0 Å². The average molecular weight is 494 g/mol. The Morgan fingerprint density at radius 1 is 0.971 bits per heavy atom. The fraction of sp³-hybridized carbons (Fsp3) is 0.500. The lowest BCUT2D eigenvalue weighted by atomic mass is 9.96. The summed E-state index contributed by atoms with van der Waals surface area (Å²) in [5.74, 6) is -4.85. The van der Waals surface area contributed by atoms with Crippen LogP contribution in [0.2, 0.25) is 0 Å². The quantitative estimate of drug-likeness (QED) is 0.310. The van der Waals surface area contributed by atoms with Crippen LogP contribution >= 0.6 is 0 Å². The SMILES string of the molecule is CCc1cccc2c(CC(=O)N(C)CCN(C)C)c(C)[nH]c12.O=C(O)CC(O)(CC(=O)O)C(=O)O. The van der Waals surface area contributed by atoms with Gasteiger partial charge in [0.1, 0.15) is 0 Å². The van der Waals surface area contributed by atoms with Gasteiger partial charge in [0.25, 0.3) is 0 Å². The maximum absolute atomic E-state index is 12.5. The molecule has 0 unspecified atom stereocenters. The number of aliphatic hydroxyl groups is 1. The molecule has 0 spiro atoms. The van der Waals surface area contributed by atoms with Crippen LogP contribution < -0.4 is 0 Å². The first-order valence-corrected chi connectivity index (χ1v) is 11.1. The molecule has 1 aromatic heterocycles. The van der Waals surface area contributed by atoms with Gasteiger partial charge in [-0.15, -0.1) is 0 Å². The Morgan fingerprint density at radius 3 is 2.00 bits per heavy atom. The van der Waals surface area contributed by atoms with Gasteiger partial charge in [0.15, 0.2) is 5.60 Å². The highest BCUT2D eigenvalue weighted by Crippen LogP contribution is 2.26. The third kappa shape index (κ3) is 8.69. The highest BCUT2D eigenvalue weighted by atomic mass is 16.4. The summed E-state index contributed by atoms with van der Waals surface area (Å²) in [4.78, 5) is 50.3. The number of para-hydroxylation sites is 1. The van der Waals surface area contributed by atoms with E-state index in [2.05, 4.69) is 41.9 Å². The molecule has 0 aliphatic carbocycles. The largest absolute Gasteiger partial charge is 0.481 e. The number of benzene rings is 1. The molecular weight excluding hydrogens is 458 g/mol. The number of carboxylic acids is 3. The second kappa shape index (κ2) is 12.9. The molecule has 0 atom stereocenters. The van der Waals surface area contributed by atoms with Crippen molar-refractivity contribution in [2.24, 2.45) is 0 Å². The number of rotatable bonds is 11. The lowest BCUT2D eigenvalue weighted by Gasteiger charge is -2.19. The number of likely N-dealkylation sites (N-methyl/N-ethyl adjacent to an activating group) is 2. The second-order valence-corrected chi connectivity index (χ2v) is 8.69. The van der Waals surface area contributed by atoms with Gasteiger partial charge in [-0.05, 0) is 38.6 Å². The first kappa shape index (κ1) is 29.6. The summed E-state index contributed by atoms with van der Waals surface area (Å²) in [5, 5.41) is 35.0.